The molecule has 0 aliphatic carbocycles. The highest BCUT2D eigenvalue weighted by Gasteiger charge is 2.30. The summed E-state index contributed by atoms with van der Waals surface area (Å²) in [5.74, 6) is -0.244. The van der Waals surface area contributed by atoms with E-state index in [-0.39, 0.29) is 23.3 Å². The van der Waals surface area contributed by atoms with E-state index in [1.165, 1.54) is 6.39 Å². The molecule has 1 aromatic carbocycles. The maximum atomic E-state index is 12.2. The molecule has 1 atom stereocenters. The van der Waals surface area contributed by atoms with E-state index in [4.69, 9.17) is 4.42 Å². The first-order chi connectivity index (χ1) is 10.1. The summed E-state index contributed by atoms with van der Waals surface area (Å²) < 4.78 is 28.0. The summed E-state index contributed by atoms with van der Waals surface area (Å²) in [6.45, 7) is 0. The number of nitrogens with one attached hydrogen (secondary N) is 1. The fourth-order valence-corrected chi connectivity index (χ4v) is 4.04. The molecule has 1 aliphatic rings. The van der Waals surface area contributed by atoms with Crippen LogP contribution in [0.1, 0.15) is 17.0 Å². The molecule has 0 spiro atoms. The van der Waals surface area contributed by atoms with Crippen LogP contribution >= 0.6 is 0 Å². The standard InChI is InChI=1S/C14H14N2O4S/c17-14(16-11-6-7-21(18,19)8-11)13-12(15-9-20-13)10-4-2-1-3-5-10/h1-5,9,11H,6-8H2,(H,16,17). The summed E-state index contributed by atoms with van der Waals surface area (Å²) in [6, 6.07) is 8.84. The van der Waals surface area contributed by atoms with Crippen molar-refractivity contribution < 1.29 is 17.6 Å². The molecule has 1 aliphatic heterocycles. The average Bonchev–Trinajstić information content (AvgIpc) is 3.06. The zero-order valence-corrected chi connectivity index (χ0v) is 12.0. The van der Waals surface area contributed by atoms with Gasteiger partial charge in [0.25, 0.3) is 5.91 Å². The van der Waals surface area contributed by atoms with Crippen molar-refractivity contribution in [2.45, 2.75) is 12.5 Å². The Morgan fingerprint density at radius 2 is 2.05 bits per heavy atom. The van der Waals surface area contributed by atoms with Gasteiger partial charge in [-0.1, -0.05) is 30.3 Å². The van der Waals surface area contributed by atoms with Gasteiger partial charge in [-0.05, 0) is 6.42 Å². The molecular weight excluding hydrogens is 292 g/mol. The zero-order valence-electron chi connectivity index (χ0n) is 11.2. The molecule has 0 bridgehead atoms. The second-order valence-electron chi connectivity index (χ2n) is 4.97. The van der Waals surface area contributed by atoms with E-state index in [1.807, 2.05) is 30.3 Å². The van der Waals surface area contributed by atoms with Gasteiger partial charge in [-0.25, -0.2) is 13.4 Å². The monoisotopic (exact) mass is 306 g/mol. The van der Waals surface area contributed by atoms with Crippen LogP contribution in [0.25, 0.3) is 11.3 Å². The fourth-order valence-electron chi connectivity index (χ4n) is 2.37. The molecule has 1 unspecified atom stereocenters. The molecule has 1 N–H and O–H groups in total. The van der Waals surface area contributed by atoms with Crippen molar-refractivity contribution in [3.05, 3.63) is 42.5 Å². The maximum absolute atomic E-state index is 12.2. The first-order valence-corrected chi connectivity index (χ1v) is 8.37. The van der Waals surface area contributed by atoms with E-state index in [2.05, 4.69) is 10.3 Å². The number of oxazole rings is 1. The lowest BCUT2D eigenvalue weighted by Gasteiger charge is -2.09. The predicted octanol–water partition coefficient (Wildman–Crippen LogP) is 1.26. The number of nitrogens with zero attached hydrogens (tertiary/aromatic N) is 1. The number of amides is 1. The van der Waals surface area contributed by atoms with Crippen molar-refractivity contribution in [2.75, 3.05) is 11.5 Å². The number of benzene rings is 1. The average molecular weight is 306 g/mol. The fraction of sp³-hybridized carbons (Fsp3) is 0.286. The van der Waals surface area contributed by atoms with Crippen LogP contribution in [0.15, 0.2) is 41.1 Å². The summed E-state index contributed by atoms with van der Waals surface area (Å²) >= 11 is 0. The Balaban J connectivity index is 1.79. The van der Waals surface area contributed by atoms with Gasteiger partial charge in [0.2, 0.25) is 5.76 Å². The highest BCUT2D eigenvalue weighted by Crippen LogP contribution is 2.22. The largest absolute Gasteiger partial charge is 0.438 e. The van der Waals surface area contributed by atoms with Crippen LogP contribution in [0.5, 0.6) is 0 Å². The lowest BCUT2D eigenvalue weighted by atomic mass is 10.1. The summed E-state index contributed by atoms with van der Waals surface area (Å²) in [5.41, 5.74) is 1.23. The molecule has 0 saturated carbocycles. The van der Waals surface area contributed by atoms with E-state index in [9.17, 15) is 13.2 Å². The van der Waals surface area contributed by atoms with Gasteiger partial charge in [-0.15, -0.1) is 0 Å². The number of sulfone groups is 1. The molecule has 6 nitrogen and oxygen atoms in total. The number of carbonyl (C=O) groups excluding carboxylic acids is 1. The molecule has 1 amide bonds. The van der Waals surface area contributed by atoms with Crippen molar-refractivity contribution in [1.29, 1.82) is 0 Å². The molecule has 110 valence electrons. The van der Waals surface area contributed by atoms with Gasteiger partial charge in [0.05, 0.1) is 11.5 Å². The van der Waals surface area contributed by atoms with E-state index >= 15 is 0 Å². The molecule has 1 saturated heterocycles. The second kappa shape index (κ2) is 5.33. The Labute approximate surface area is 122 Å². The molecule has 1 fully saturated rings. The quantitative estimate of drug-likeness (QED) is 0.922. The van der Waals surface area contributed by atoms with Gasteiger partial charge in [0.15, 0.2) is 16.2 Å². The smallest absolute Gasteiger partial charge is 0.289 e. The number of carbonyl (C=O) groups is 1. The van der Waals surface area contributed by atoms with E-state index < -0.39 is 15.7 Å². The molecule has 2 aromatic rings. The Kier molecular flexibility index (Phi) is 3.50. The first kappa shape index (κ1) is 13.8. The third kappa shape index (κ3) is 2.97. The Bertz CT molecular complexity index is 752. The molecule has 21 heavy (non-hydrogen) atoms. The lowest BCUT2D eigenvalue weighted by molar-refractivity contribution is 0.0914. The van der Waals surface area contributed by atoms with E-state index in [0.717, 1.165) is 5.56 Å². The first-order valence-electron chi connectivity index (χ1n) is 6.55. The minimum atomic E-state index is -3.03. The third-order valence-corrected chi connectivity index (χ3v) is 5.16. The number of rotatable bonds is 3. The van der Waals surface area contributed by atoms with Gasteiger partial charge in [-0.2, -0.15) is 0 Å². The van der Waals surface area contributed by atoms with Crippen molar-refractivity contribution in [2.24, 2.45) is 0 Å². The third-order valence-electron chi connectivity index (χ3n) is 3.39. The molecule has 1 aromatic heterocycles. The summed E-state index contributed by atoms with van der Waals surface area (Å²) in [6.07, 6.45) is 1.64. The number of hydrogen-bond donors (Lipinski definition) is 1. The van der Waals surface area contributed by atoms with Crippen LogP contribution in [-0.4, -0.2) is 36.9 Å². The second-order valence-corrected chi connectivity index (χ2v) is 7.20. The van der Waals surface area contributed by atoms with Gasteiger partial charge >= 0.3 is 0 Å². The van der Waals surface area contributed by atoms with Crippen molar-refractivity contribution in [3.63, 3.8) is 0 Å². The highest BCUT2D eigenvalue weighted by atomic mass is 32.2. The van der Waals surface area contributed by atoms with Crippen LogP contribution in [0.4, 0.5) is 0 Å². The summed E-state index contributed by atoms with van der Waals surface area (Å²) in [5, 5.41) is 2.70. The predicted molar refractivity (Wildman–Crippen MR) is 76.5 cm³/mol. The van der Waals surface area contributed by atoms with Crippen LogP contribution in [-0.2, 0) is 9.84 Å². The number of hydrogen-bond acceptors (Lipinski definition) is 5. The normalized spacial score (nSPS) is 20.3. The topological polar surface area (TPSA) is 89.3 Å². The minimum Gasteiger partial charge on any atom is -0.438 e. The maximum Gasteiger partial charge on any atom is 0.289 e. The summed E-state index contributed by atoms with van der Waals surface area (Å²) in [4.78, 5) is 16.3. The van der Waals surface area contributed by atoms with Crippen LogP contribution < -0.4 is 5.32 Å². The highest BCUT2D eigenvalue weighted by molar-refractivity contribution is 7.91. The molecule has 7 heteroatoms. The molecule has 0 radical (unpaired) electrons. The van der Waals surface area contributed by atoms with Crippen molar-refractivity contribution in [3.8, 4) is 11.3 Å². The SMILES string of the molecule is O=C(NC1CCS(=O)(=O)C1)c1ocnc1-c1ccccc1. The van der Waals surface area contributed by atoms with Gasteiger partial charge in [-0.3, -0.25) is 4.79 Å². The zero-order chi connectivity index (χ0) is 14.9. The van der Waals surface area contributed by atoms with Gasteiger partial charge in [0, 0.05) is 11.6 Å². The van der Waals surface area contributed by atoms with Gasteiger partial charge in [0.1, 0.15) is 5.69 Å². The molecular formula is C14H14N2O4S. The van der Waals surface area contributed by atoms with Crippen LogP contribution in [0.3, 0.4) is 0 Å². The van der Waals surface area contributed by atoms with E-state index in [0.29, 0.717) is 12.1 Å². The van der Waals surface area contributed by atoms with E-state index in [1.54, 1.807) is 0 Å². The lowest BCUT2D eigenvalue weighted by Crippen LogP contribution is -2.35. The van der Waals surface area contributed by atoms with Crippen molar-refractivity contribution >= 4 is 15.7 Å². The van der Waals surface area contributed by atoms with Crippen LogP contribution in [0.2, 0.25) is 0 Å². The molecule has 3 rings (SSSR count). The van der Waals surface area contributed by atoms with Crippen molar-refractivity contribution in [1.82, 2.24) is 10.3 Å². The Morgan fingerprint density at radius 3 is 2.71 bits per heavy atom. The minimum absolute atomic E-state index is 0.0203. The van der Waals surface area contributed by atoms with Gasteiger partial charge < -0.3 is 9.73 Å². The molecule has 2 heterocycles. The Morgan fingerprint density at radius 1 is 1.29 bits per heavy atom. The number of aromatic nitrogens is 1. The summed E-state index contributed by atoms with van der Waals surface area (Å²) in [7, 11) is -3.03. The Hall–Kier alpha value is -2.15. The van der Waals surface area contributed by atoms with Crippen LogP contribution in [0, 0.1) is 0 Å².